The number of hydrogen-bond donors (Lipinski definition) is 2. The van der Waals surface area contributed by atoms with E-state index in [1.807, 2.05) is 6.92 Å². The van der Waals surface area contributed by atoms with Gasteiger partial charge in [0.15, 0.2) is 0 Å². The molecule has 21 heavy (non-hydrogen) atoms. The molecule has 2 N–H and O–H groups in total. The molecule has 2 atom stereocenters. The van der Waals surface area contributed by atoms with Gasteiger partial charge in [0.1, 0.15) is 11.7 Å². The van der Waals surface area contributed by atoms with Crippen molar-refractivity contribution in [2.45, 2.75) is 26.4 Å². The summed E-state index contributed by atoms with van der Waals surface area (Å²) in [5.74, 6) is -0.532. The molecule has 2 rings (SSSR count). The number of aryl methyl sites for hydroxylation is 2. The quantitative estimate of drug-likeness (QED) is 0.840. The summed E-state index contributed by atoms with van der Waals surface area (Å²) in [5.41, 5.74) is 0.780. The van der Waals surface area contributed by atoms with Crippen LogP contribution in [-0.4, -0.2) is 53.3 Å². The first-order valence-electron chi connectivity index (χ1n) is 6.64. The van der Waals surface area contributed by atoms with Crippen LogP contribution in [0.4, 0.5) is 4.79 Å². The normalized spacial score (nSPS) is 21.3. The highest BCUT2D eigenvalue weighted by Crippen LogP contribution is 2.19. The first kappa shape index (κ1) is 15.3. The van der Waals surface area contributed by atoms with Gasteiger partial charge in [-0.25, -0.2) is 9.78 Å². The Morgan fingerprint density at radius 3 is 2.71 bits per heavy atom. The lowest BCUT2D eigenvalue weighted by atomic mass is 10.0. The van der Waals surface area contributed by atoms with Gasteiger partial charge in [-0.2, -0.15) is 0 Å². The summed E-state index contributed by atoms with van der Waals surface area (Å²) < 4.78 is 10.5. The first-order valence-corrected chi connectivity index (χ1v) is 6.64. The van der Waals surface area contributed by atoms with Gasteiger partial charge in [-0.1, -0.05) is 0 Å². The van der Waals surface area contributed by atoms with Crippen LogP contribution < -0.4 is 5.32 Å². The predicted octanol–water partition coefficient (Wildman–Crippen LogP) is 0.532. The summed E-state index contributed by atoms with van der Waals surface area (Å²) in [5, 5.41) is 11.8. The summed E-state index contributed by atoms with van der Waals surface area (Å²) in [6.45, 7) is 4.12. The molecule has 8 nitrogen and oxygen atoms in total. The number of aromatic nitrogens is 1. The zero-order valence-electron chi connectivity index (χ0n) is 12.3. The highest BCUT2D eigenvalue weighted by molar-refractivity contribution is 5.77. The lowest BCUT2D eigenvalue weighted by Crippen LogP contribution is -2.48. The Labute approximate surface area is 122 Å². The molecular formula is C13H19N3O5. The minimum Gasteiger partial charge on any atom is -0.481 e. The van der Waals surface area contributed by atoms with Gasteiger partial charge >= 0.3 is 12.0 Å². The van der Waals surface area contributed by atoms with Crippen LogP contribution in [0.15, 0.2) is 4.42 Å². The maximum Gasteiger partial charge on any atom is 0.317 e. The van der Waals surface area contributed by atoms with Crippen molar-refractivity contribution < 1.29 is 23.8 Å². The van der Waals surface area contributed by atoms with Crippen LogP contribution in [0.1, 0.15) is 17.3 Å². The number of ether oxygens (including phenoxy) is 1. The third-order valence-electron chi connectivity index (χ3n) is 3.65. The van der Waals surface area contributed by atoms with E-state index in [4.69, 9.17) is 14.3 Å². The lowest BCUT2D eigenvalue weighted by Gasteiger charge is -2.26. The number of oxazole rings is 1. The van der Waals surface area contributed by atoms with Crippen molar-refractivity contribution >= 4 is 12.0 Å². The standard InChI is InChI=1S/C13H19N3O5/c1-7-8(2)21-11(15-7)4-14-13(19)16(3)10-6-20-5-9(10)12(17)18/h9-10H,4-6H2,1-3H3,(H,14,19)(H,17,18). The average Bonchev–Trinajstić information content (AvgIpc) is 3.03. The van der Waals surface area contributed by atoms with E-state index in [1.54, 1.807) is 14.0 Å². The molecular weight excluding hydrogens is 278 g/mol. The topological polar surface area (TPSA) is 105 Å². The Hall–Kier alpha value is -2.09. The molecule has 0 saturated carbocycles. The minimum absolute atomic E-state index is 0.121. The average molecular weight is 297 g/mol. The molecule has 116 valence electrons. The molecule has 1 aromatic heterocycles. The summed E-state index contributed by atoms with van der Waals surface area (Å²) >= 11 is 0. The lowest BCUT2D eigenvalue weighted by molar-refractivity contribution is -0.142. The van der Waals surface area contributed by atoms with Crippen LogP contribution in [0.25, 0.3) is 0 Å². The molecule has 1 fully saturated rings. The highest BCUT2D eigenvalue weighted by atomic mass is 16.5. The molecule has 0 radical (unpaired) electrons. The number of carboxylic acid groups (broad SMARTS) is 1. The van der Waals surface area contributed by atoms with E-state index in [0.29, 0.717) is 11.7 Å². The molecule has 2 heterocycles. The Morgan fingerprint density at radius 2 is 2.14 bits per heavy atom. The smallest absolute Gasteiger partial charge is 0.317 e. The van der Waals surface area contributed by atoms with Gasteiger partial charge in [-0.15, -0.1) is 0 Å². The summed E-state index contributed by atoms with van der Waals surface area (Å²) in [7, 11) is 1.55. The largest absolute Gasteiger partial charge is 0.481 e. The maximum atomic E-state index is 12.1. The number of carboxylic acids is 1. The molecule has 1 aromatic rings. The van der Waals surface area contributed by atoms with Gasteiger partial charge < -0.3 is 24.5 Å². The number of urea groups is 1. The minimum atomic E-state index is -0.962. The van der Waals surface area contributed by atoms with Crippen molar-refractivity contribution in [3.63, 3.8) is 0 Å². The maximum absolute atomic E-state index is 12.1. The van der Waals surface area contributed by atoms with Crippen LogP contribution >= 0.6 is 0 Å². The Morgan fingerprint density at radius 1 is 1.43 bits per heavy atom. The fourth-order valence-corrected chi connectivity index (χ4v) is 2.20. The number of amides is 2. The SMILES string of the molecule is Cc1nc(CNC(=O)N(C)C2COCC2C(=O)O)oc1C. The third kappa shape index (κ3) is 3.33. The Bertz CT molecular complexity index is 522. The van der Waals surface area contributed by atoms with E-state index >= 15 is 0 Å². The summed E-state index contributed by atoms with van der Waals surface area (Å²) in [6.07, 6.45) is 0. The number of aliphatic carboxylic acids is 1. The van der Waals surface area contributed by atoms with Crippen molar-refractivity contribution in [1.82, 2.24) is 15.2 Å². The molecule has 1 aliphatic rings. The van der Waals surface area contributed by atoms with Crippen molar-refractivity contribution in [2.75, 3.05) is 20.3 Å². The third-order valence-corrected chi connectivity index (χ3v) is 3.65. The molecule has 1 aliphatic heterocycles. The molecule has 8 heteroatoms. The molecule has 0 bridgehead atoms. The number of nitrogens with zero attached hydrogens (tertiary/aromatic N) is 2. The second-order valence-corrected chi connectivity index (χ2v) is 5.07. The van der Waals surface area contributed by atoms with E-state index < -0.39 is 17.9 Å². The zero-order chi connectivity index (χ0) is 15.6. The van der Waals surface area contributed by atoms with Crippen LogP contribution in [0, 0.1) is 19.8 Å². The van der Waals surface area contributed by atoms with E-state index in [-0.39, 0.29) is 25.8 Å². The van der Waals surface area contributed by atoms with E-state index in [2.05, 4.69) is 10.3 Å². The van der Waals surface area contributed by atoms with Gasteiger partial charge in [-0.3, -0.25) is 4.79 Å². The zero-order valence-corrected chi connectivity index (χ0v) is 12.3. The fraction of sp³-hybridized carbons (Fsp3) is 0.615. The molecule has 0 aromatic carbocycles. The second kappa shape index (κ2) is 6.13. The van der Waals surface area contributed by atoms with Crippen LogP contribution in [-0.2, 0) is 16.1 Å². The number of hydrogen-bond acceptors (Lipinski definition) is 5. The van der Waals surface area contributed by atoms with E-state index in [1.165, 1.54) is 4.90 Å². The Balaban J connectivity index is 1.92. The molecule has 0 spiro atoms. The first-order chi connectivity index (χ1) is 9.90. The van der Waals surface area contributed by atoms with E-state index in [9.17, 15) is 9.59 Å². The monoisotopic (exact) mass is 297 g/mol. The number of carbonyl (C=O) groups is 2. The van der Waals surface area contributed by atoms with Crippen molar-refractivity contribution in [3.8, 4) is 0 Å². The van der Waals surface area contributed by atoms with Gasteiger partial charge in [0.2, 0.25) is 5.89 Å². The molecule has 0 aliphatic carbocycles. The fourth-order valence-electron chi connectivity index (χ4n) is 2.20. The van der Waals surface area contributed by atoms with Crippen molar-refractivity contribution in [2.24, 2.45) is 5.92 Å². The molecule has 2 amide bonds. The van der Waals surface area contributed by atoms with E-state index in [0.717, 1.165) is 5.69 Å². The summed E-state index contributed by atoms with van der Waals surface area (Å²) in [6, 6.07) is -0.860. The van der Waals surface area contributed by atoms with Crippen molar-refractivity contribution in [3.05, 3.63) is 17.3 Å². The summed E-state index contributed by atoms with van der Waals surface area (Å²) in [4.78, 5) is 28.7. The van der Waals surface area contributed by atoms with Gasteiger partial charge in [0.25, 0.3) is 0 Å². The predicted molar refractivity (Wildman–Crippen MR) is 71.7 cm³/mol. The number of rotatable bonds is 4. The second-order valence-electron chi connectivity index (χ2n) is 5.07. The van der Waals surface area contributed by atoms with Gasteiger partial charge in [0, 0.05) is 7.05 Å². The highest BCUT2D eigenvalue weighted by Gasteiger charge is 2.38. The van der Waals surface area contributed by atoms with Crippen LogP contribution in [0.3, 0.4) is 0 Å². The van der Waals surface area contributed by atoms with Crippen molar-refractivity contribution in [1.29, 1.82) is 0 Å². The van der Waals surface area contributed by atoms with Crippen LogP contribution in [0.5, 0.6) is 0 Å². The van der Waals surface area contributed by atoms with Gasteiger partial charge in [-0.05, 0) is 13.8 Å². The number of nitrogens with one attached hydrogen (secondary N) is 1. The molecule has 2 unspecified atom stereocenters. The molecule has 1 saturated heterocycles. The number of likely N-dealkylation sites (N-methyl/N-ethyl adjacent to an activating group) is 1. The number of carbonyl (C=O) groups excluding carboxylic acids is 1. The van der Waals surface area contributed by atoms with Gasteiger partial charge in [0.05, 0.1) is 31.5 Å². The van der Waals surface area contributed by atoms with Crippen LogP contribution in [0.2, 0.25) is 0 Å². The Kier molecular flexibility index (Phi) is 4.46.